The molecule has 0 aliphatic heterocycles. The van der Waals surface area contributed by atoms with Crippen LogP contribution in [-0.4, -0.2) is 17.6 Å². The summed E-state index contributed by atoms with van der Waals surface area (Å²) in [5, 5.41) is 12.7. The van der Waals surface area contributed by atoms with Gasteiger partial charge in [0.15, 0.2) is 0 Å². The molecule has 1 unspecified atom stereocenters. The summed E-state index contributed by atoms with van der Waals surface area (Å²) in [6, 6.07) is 7.06. The van der Waals surface area contributed by atoms with E-state index in [9.17, 15) is 4.79 Å². The van der Waals surface area contributed by atoms with E-state index in [-0.39, 0.29) is 5.92 Å². The summed E-state index contributed by atoms with van der Waals surface area (Å²) in [6.07, 6.45) is 6.11. The zero-order chi connectivity index (χ0) is 14.8. The highest BCUT2D eigenvalue weighted by atomic mass is 79.9. The first-order valence-corrected chi connectivity index (χ1v) is 8.67. The lowest BCUT2D eigenvalue weighted by Crippen LogP contribution is -2.30. The normalized spacial score (nSPS) is 28.3. The van der Waals surface area contributed by atoms with Crippen LogP contribution >= 0.6 is 15.9 Å². The molecule has 3 rings (SSSR count). The van der Waals surface area contributed by atoms with Crippen LogP contribution in [0, 0.1) is 11.8 Å². The Hall–Kier alpha value is -0.870. The van der Waals surface area contributed by atoms with Gasteiger partial charge in [0.05, 0.1) is 5.92 Å². The van der Waals surface area contributed by atoms with E-state index in [4.69, 9.17) is 5.11 Å². The third-order valence-corrected chi connectivity index (χ3v) is 5.52. The van der Waals surface area contributed by atoms with Crippen molar-refractivity contribution >= 4 is 21.9 Å². The molecule has 2 N–H and O–H groups in total. The van der Waals surface area contributed by atoms with Crippen molar-refractivity contribution in [1.82, 2.24) is 5.32 Å². The number of aliphatic carboxylic acids is 1. The van der Waals surface area contributed by atoms with Crippen LogP contribution in [0.4, 0.5) is 0 Å². The van der Waals surface area contributed by atoms with E-state index in [1.165, 1.54) is 17.5 Å². The fraction of sp³-hybridized carbons (Fsp3) is 0.588. The second-order valence-corrected chi connectivity index (χ2v) is 7.31. The molecule has 1 saturated carbocycles. The predicted octanol–water partition coefficient (Wildman–Crippen LogP) is 3.92. The number of rotatable bonds is 4. The lowest BCUT2D eigenvalue weighted by atomic mass is 9.82. The average Bonchev–Trinajstić information content (AvgIpc) is 2.87. The van der Waals surface area contributed by atoms with Gasteiger partial charge in [0.1, 0.15) is 0 Å². The van der Waals surface area contributed by atoms with Crippen molar-refractivity contribution in [2.45, 2.75) is 44.6 Å². The summed E-state index contributed by atoms with van der Waals surface area (Å²) in [5.74, 6) is -0.0809. The first-order valence-electron chi connectivity index (χ1n) is 7.88. The van der Waals surface area contributed by atoms with E-state index in [2.05, 4.69) is 39.4 Å². The van der Waals surface area contributed by atoms with Crippen LogP contribution in [0.3, 0.4) is 0 Å². The fourth-order valence-electron chi connectivity index (χ4n) is 3.72. The van der Waals surface area contributed by atoms with Gasteiger partial charge in [-0.05, 0) is 74.2 Å². The number of fused-ring (bicyclic) bond motifs is 1. The second kappa shape index (κ2) is 6.49. The Morgan fingerprint density at radius 3 is 2.71 bits per heavy atom. The van der Waals surface area contributed by atoms with Crippen LogP contribution in [0.5, 0.6) is 0 Å². The number of aryl methyl sites for hydroxylation is 1. The van der Waals surface area contributed by atoms with Crippen molar-refractivity contribution in [3.05, 3.63) is 33.8 Å². The Balaban J connectivity index is 1.50. The lowest BCUT2D eigenvalue weighted by Gasteiger charge is -2.27. The van der Waals surface area contributed by atoms with E-state index in [1.54, 1.807) is 0 Å². The SMILES string of the molecule is O=C(O)C1CCC(CNC2CCc3cc(Br)ccc32)CC1. The topological polar surface area (TPSA) is 49.3 Å². The van der Waals surface area contributed by atoms with Crippen molar-refractivity contribution in [2.75, 3.05) is 6.54 Å². The fourth-order valence-corrected chi connectivity index (χ4v) is 4.13. The molecular formula is C17H22BrNO2. The van der Waals surface area contributed by atoms with Crippen LogP contribution in [0.1, 0.15) is 49.3 Å². The lowest BCUT2D eigenvalue weighted by molar-refractivity contribution is -0.143. The maximum Gasteiger partial charge on any atom is 0.306 e. The molecule has 0 radical (unpaired) electrons. The molecule has 2 aliphatic carbocycles. The summed E-state index contributed by atoms with van der Waals surface area (Å²) in [4.78, 5) is 11.0. The van der Waals surface area contributed by atoms with Crippen LogP contribution in [-0.2, 0) is 11.2 Å². The van der Waals surface area contributed by atoms with Crippen LogP contribution in [0.15, 0.2) is 22.7 Å². The molecule has 0 bridgehead atoms. The number of carboxylic acid groups (broad SMARTS) is 1. The number of carboxylic acids is 1. The maximum atomic E-state index is 11.0. The number of halogens is 1. The first kappa shape index (κ1) is 15.0. The summed E-state index contributed by atoms with van der Waals surface area (Å²) in [5.41, 5.74) is 2.90. The van der Waals surface area contributed by atoms with Gasteiger partial charge in [-0.1, -0.05) is 22.0 Å². The van der Waals surface area contributed by atoms with Crippen molar-refractivity contribution in [3.8, 4) is 0 Å². The molecule has 0 heterocycles. The van der Waals surface area contributed by atoms with Gasteiger partial charge in [-0.15, -0.1) is 0 Å². The number of benzene rings is 1. The van der Waals surface area contributed by atoms with Crippen molar-refractivity contribution < 1.29 is 9.90 Å². The molecule has 1 fully saturated rings. The van der Waals surface area contributed by atoms with E-state index < -0.39 is 5.97 Å². The molecule has 1 aromatic carbocycles. The molecule has 0 spiro atoms. The van der Waals surface area contributed by atoms with Crippen LogP contribution < -0.4 is 5.32 Å². The third kappa shape index (κ3) is 3.49. The number of nitrogens with one attached hydrogen (secondary N) is 1. The van der Waals surface area contributed by atoms with E-state index in [0.29, 0.717) is 12.0 Å². The predicted molar refractivity (Wildman–Crippen MR) is 86.3 cm³/mol. The monoisotopic (exact) mass is 351 g/mol. The summed E-state index contributed by atoms with van der Waals surface area (Å²) in [6.45, 7) is 1.02. The molecule has 4 heteroatoms. The zero-order valence-electron chi connectivity index (χ0n) is 12.1. The molecule has 114 valence electrons. The van der Waals surface area contributed by atoms with Crippen molar-refractivity contribution in [3.63, 3.8) is 0 Å². The summed E-state index contributed by atoms with van der Waals surface area (Å²) < 4.78 is 1.16. The third-order valence-electron chi connectivity index (χ3n) is 5.03. The number of carbonyl (C=O) groups is 1. The Bertz CT molecular complexity index is 524. The summed E-state index contributed by atoms with van der Waals surface area (Å²) in [7, 11) is 0. The molecule has 2 aliphatic rings. The van der Waals surface area contributed by atoms with Gasteiger partial charge in [-0.25, -0.2) is 0 Å². The minimum Gasteiger partial charge on any atom is -0.481 e. The molecule has 0 amide bonds. The Morgan fingerprint density at radius 1 is 1.24 bits per heavy atom. The zero-order valence-corrected chi connectivity index (χ0v) is 13.7. The van der Waals surface area contributed by atoms with Crippen LogP contribution in [0.25, 0.3) is 0 Å². The molecule has 0 aromatic heterocycles. The summed E-state index contributed by atoms with van der Waals surface area (Å²) >= 11 is 3.54. The Labute approximate surface area is 134 Å². The van der Waals surface area contributed by atoms with E-state index in [1.807, 2.05) is 0 Å². The van der Waals surface area contributed by atoms with Gasteiger partial charge >= 0.3 is 5.97 Å². The van der Waals surface area contributed by atoms with Gasteiger partial charge < -0.3 is 10.4 Å². The van der Waals surface area contributed by atoms with E-state index >= 15 is 0 Å². The number of hydrogen-bond acceptors (Lipinski definition) is 2. The van der Waals surface area contributed by atoms with E-state index in [0.717, 1.165) is 43.1 Å². The highest BCUT2D eigenvalue weighted by molar-refractivity contribution is 9.10. The van der Waals surface area contributed by atoms with Gasteiger partial charge in [0.2, 0.25) is 0 Å². The van der Waals surface area contributed by atoms with Crippen molar-refractivity contribution in [2.24, 2.45) is 11.8 Å². The minimum absolute atomic E-state index is 0.106. The molecule has 0 saturated heterocycles. The van der Waals surface area contributed by atoms with Gasteiger partial charge in [0.25, 0.3) is 0 Å². The molecule has 1 aromatic rings. The maximum absolute atomic E-state index is 11.0. The average molecular weight is 352 g/mol. The minimum atomic E-state index is -0.614. The molecular weight excluding hydrogens is 330 g/mol. The highest BCUT2D eigenvalue weighted by Gasteiger charge is 2.27. The Kier molecular flexibility index (Phi) is 4.65. The number of hydrogen-bond donors (Lipinski definition) is 2. The van der Waals surface area contributed by atoms with Gasteiger partial charge in [-0.3, -0.25) is 4.79 Å². The first-order chi connectivity index (χ1) is 10.1. The standard InChI is InChI=1S/C17H22BrNO2/c18-14-6-7-15-13(9-14)5-8-16(15)19-10-11-1-3-12(4-2-11)17(20)21/h6-7,9,11-12,16,19H,1-5,8,10H2,(H,20,21). The molecule has 21 heavy (non-hydrogen) atoms. The molecule has 3 nitrogen and oxygen atoms in total. The highest BCUT2D eigenvalue weighted by Crippen LogP contribution is 2.34. The van der Waals surface area contributed by atoms with Crippen LogP contribution in [0.2, 0.25) is 0 Å². The second-order valence-electron chi connectivity index (χ2n) is 6.40. The smallest absolute Gasteiger partial charge is 0.306 e. The van der Waals surface area contributed by atoms with Crippen molar-refractivity contribution in [1.29, 1.82) is 0 Å². The quantitative estimate of drug-likeness (QED) is 0.864. The van der Waals surface area contributed by atoms with Gasteiger partial charge in [0, 0.05) is 10.5 Å². The Morgan fingerprint density at radius 2 is 2.00 bits per heavy atom. The van der Waals surface area contributed by atoms with Gasteiger partial charge in [-0.2, -0.15) is 0 Å². The largest absolute Gasteiger partial charge is 0.481 e. The molecule has 1 atom stereocenters.